The summed E-state index contributed by atoms with van der Waals surface area (Å²) >= 11 is 0. The minimum Gasteiger partial charge on any atom is -0.362 e. The molecule has 1 aromatic rings. The summed E-state index contributed by atoms with van der Waals surface area (Å²) in [6.07, 6.45) is 1.79. The van der Waals surface area contributed by atoms with Gasteiger partial charge in [0.2, 0.25) is 10.0 Å². The number of nitro groups is 1. The summed E-state index contributed by atoms with van der Waals surface area (Å²) in [7, 11) is -2.45. The molecule has 116 valence electrons. The van der Waals surface area contributed by atoms with Crippen molar-refractivity contribution in [3.8, 4) is 0 Å². The molecule has 0 spiro atoms. The van der Waals surface area contributed by atoms with Crippen molar-refractivity contribution >= 4 is 21.4 Å². The number of nitrogens with two attached hydrogens (primary N) is 1. The Balaban J connectivity index is 2.50. The molecule has 1 heterocycles. The minimum atomic E-state index is -3.71. The molecule has 1 fully saturated rings. The number of nitrogens with one attached hydrogen (secondary N) is 1. The number of nitro benzene ring substituents is 1. The fraction of sp³-hybridized carbons (Fsp3) is 0.500. The van der Waals surface area contributed by atoms with E-state index in [4.69, 9.17) is 5.73 Å². The zero-order valence-corrected chi connectivity index (χ0v) is 12.5. The van der Waals surface area contributed by atoms with Gasteiger partial charge in [0.15, 0.2) is 0 Å². The summed E-state index contributed by atoms with van der Waals surface area (Å²) in [4.78, 5) is 12.5. The summed E-state index contributed by atoms with van der Waals surface area (Å²) in [5, 5.41) is 11.3. The molecule has 1 atom stereocenters. The summed E-state index contributed by atoms with van der Waals surface area (Å²) < 4.78 is 25.7. The zero-order valence-electron chi connectivity index (χ0n) is 11.7. The smallest absolute Gasteiger partial charge is 0.293 e. The maximum Gasteiger partial charge on any atom is 0.293 e. The first kappa shape index (κ1) is 15.7. The highest BCUT2D eigenvalue weighted by Crippen LogP contribution is 2.34. The second-order valence-electron chi connectivity index (χ2n) is 4.84. The lowest BCUT2D eigenvalue weighted by Crippen LogP contribution is -2.35. The fourth-order valence-corrected chi connectivity index (χ4v) is 3.32. The minimum absolute atomic E-state index is 0.0513. The van der Waals surface area contributed by atoms with E-state index in [-0.39, 0.29) is 16.6 Å². The second-order valence-corrected chi connectivity index (χ2v) is 6.73. The SMILES string of the molecule is CNS(=O)(=O)c1ccc(N2CCCC2CN)c([N+](=O)[O-])c1. The lowest BCUT2D eigenvalue weighted by atomic mass is 10.2. The van der Waals surface area contributed by atoms with Crippen LogP contribution in [-0.4, -0.2) is 39.5 Å². The zero-order chi connectivity index (χ0) is 15.6. The molecule has 0 bridgehead atoms. The molecule has 2 rings (SSSR count). The molecule has 1 aliphatic rings. The van der Waals surface area contributed by atoms with Crippen LogP contribution in [0.2, 0.25) is 0 Å². The van der Waals surface area contributed by atoms with Gasteiger partial charge in [0.25, 0.3) is 5.69 Å². The molecule has 0 saturated carbocycles. The van der Waals surface area contributed by atoms with Crippen molar-refractivity contribution < 1.29 is 13.3 Å². The maximum atomic E-state index is 11.8. The van der Waals surface area contributed by atoms with E-state index in [2.05, 4.69) is 4.72 Å². The van der Waals surface area contributed by atoms with Crippen LogP contribution in [0.25, 0.3) is 0 Å². The van der Waals surface area contributed by atoms with Crippen molar-refractivity contribution in [3.63, 3.8) is 0 Å². The first-order chi connectivity index (χ1) is 9.90. The van der Waals surface area contributed by atoms with E-state index < -0.39 is 14.9 Å². The molecular formula is C12H18N4O4S. The van der Waals surface area contributed by atoms with E-state index in [0.717, 1.165) is 18.9 Å². The normalized spacial score (nSPS) is 19.0. The van der Waals surface area contributed by atoms with E-state index in [1.807, 2.05) is 4.90 Å². The molecule has 9 heteroatoms. The number of nitrogens with zero attached hydrogens (tertiary/aromatic N) is 2. The van der Waals surface area contributed by atoms with Gasteiger partial charge in [0.05, 0.1) is 9.82 Å². The van der Waals surface area contributed by atoms with Crippen LogP contribution in [0.15, 0.2) is 23.1 Å². The van der Waals surface area contributed by atoms with Gasteiger partial charge >= 0.3 is 0 Å². The van der Waals surface area contributed by atoms with Crippen LogP contribution in [0.1, 0.15) is 12.8 Å². The summed E-state index contributed by atoms with van der Waals surface area (Å²) in [6.45, 7) is 1.09. The number of benzene rings is 1. The van der Waals surface area contributed by atoms with Crippen LogP contribution < -0.4 is 15.4 Å². The number of sulfonamides is 1. The van der Waals surface area contributed by atoms with Crippen LogP contribution in [0.4, 0.5) is 11.4 Å². The van der Waals surface area contributed by atoms with Gasteiger partial charge in [-0.2, -0.15) is 0 Å². The Morgan fingerprint density at radius 2 is 2.24 bits per heavy atom. The molecule has 21 heavy (non-hydrogen) atoms. The van der Waals surface area contributed by atoms with Crippen molar-refractivity contribution in [3.05, 3.63) is 28.3 Å². The monoisotopic (exact) mass is 314 g/mol. The lowest BCUT2D eigenvalue weighted by molar-refractivity contribution is -0.384. The molecule has 0 amide bonds. The third-order valence-electron chi connectivity index (χ3n) is 3.68. The van der Waals surface area contributed by atoms with Gasteiger partial charge in [-0.1, -0.05) is 0 Å². The highest BCUT2D eigenvalue weighted by Gasteiger charge is 2.30. The van der Waals surface area contributed by atoms with E-state index in [9.17, 15) is 18.5 Å². The highest BCUT2D eigenvalue weighted by molar-refractivity contribution is 7.89. The average molecular weight is 314 g/mol. The molecule has 1 unspecified atom stereocenters. The Hall–Kier alpha value is -1.71. The third-order valence-corrected chi connectivity index (χ3v) is 5.09. The molecule has 0 radical (unpaired) electrons. The molecule has 0 aliphatic carbocycles. The van der Waals surface area contributed by atoms with Gasteiger partial charge in [0.1, 0.15) is 5.69 Å². The van der Waals surface area contributed by atoms with Gasteiger partial charge in [-0.3, -0.25) is 10.1 Å². The van der Waals surface area contributed by atoms with E-state index in [1.54, 1.807) is 0 Å². The molecule has 1 saturated heterocycles. The largest absolute Gasteiger partial charge is 0.362 e. The topological polar surface area (TPSA) is 119 Å². The van der Waals surface area contributed by atoms with Crippen LogP contribution >= 0.6 is 0 Å². The summed E-state index contributed by atoms with van der Waals surface area (Å²) in [6, 6.07) is 4.00. The third kappa shape index (κ3) is 2.99. The van der Waals surface area contributed by atoms with E-state index in [0.29, 0.717) is 18.8 Å². The van der Waals surface area contributed by atoms with E-state index >= 15 is 0 Å². The number of hydrogen-bond donors (Lipinski definition) is 2. The average Bonchev–Trinajstić information content (AvgIpc) is 2.94. The number of rotatable bonds is 5. The highest BCUT2D eigenvalue weighted by atomic mass is 32.2. The predicted octanol–water partition coefficient (Wildman–Crippen LogP) is 0.430. The Bertz CT molecular complexity index is 647. The standard InChI is InChI=1S/C12H18N4O4S/c1-14-21(19,20)10-4-5-11(12(7-10)16(17)18)15-6-2-3-9(15)8-13/h4-5,7,9,14H,2-3,6,8,13H2,1H3. The van der Waals surface area contributed by atoms with Crippen molar-refractivity contribution in [1.82, 2.24) is 4.72 Å². The van der Waals surface area contributed by atoms with Crippen molar-refractivity contribution in [2.45, 2.75) is 23.8 Å². The lowest BCUT2D eigenvalue weighted by Gasteiger charge is -2.25. The van der Waals surface area contributed by atoms with Crippen LogP contribution in [0.5, 0.6) is 0 Å². The van der Waals surface area contributed by atoms with Crippen molar-refractivity contribution in [1.29, 1.82) is 0 Å². The van der Waals surface area contributed by atoms with Crippen molar-refractivity contribution in [2.24, 2.45) is 5.73 Å². The van der Waals surface area contributed by atoms with Gasteiger partial charge in [-0.05, 0) is 32.0 Å². The molecule has 3 N–H and O–H groups in total. The predicted molar refractivity (Wildman–Crippen MR) is 78.8 cm³/mol. The van der Waals surface area contributed by atoms with Gasteiger partial charge < -0.3 is 10.6 Å². The van der Waals surface area contributed by atoms with Gasteiger partial charge in [0, 0.05) is 25.2 Å². The Morgan fingerprint density at radius 3 is 2.81 bits per heavy atom. The Labute approximate surface area is 123 Å². The van der Waals surface area contributed by atoms with Crippen molar-refractivity contribution in [2.75, 3.05) is 25.0 Å². The van der Waals surface area contributed by atoms with Crippen LogP contribution in [0, 0.1) is 10.1 Å². The number of anilines is 1. The maximum absolute atomic E-state index is 11.8. The second kappa shape index (κ2) is 5.96. The fourth-order valence-electron chi connectivity index (χ4n) is 2.58. The van der Waals surface area contributed by atoms with Gasteiger partial charge in [-0.15, -0.1) is 0 Å². The quantitative estimate of drug-likeness (QED) is 0.601. The van der Waals surface area contributed by atoms with Gasteiger partial charge in [-0.25, -0.2) is 13.1 Å². The first-order valence-electron chi connectivity index (χ1n) is 6.59. The van der Waals surface area contributed by atoms with Crippen LogP contribution in [0.3, 0.4) is 0 Å². The molecule has 1 aromatic carbocycles. The molecule has 0 aromatic heterocycles. The summed E-state index contributed by atoms with van der Waals surface area (Å²) in [5.41, 5.74) is 5.89. The molecule has 1 aliphatic heterocycles. The summed E-state index contributed by atoms with van der Waals surface area (Å²) in [5.74, 6) is 0. The van der Waals surface area contributed by atoms with E-state index in [1.165, 1.54) is 19.2 Å². The molecule has 8 nitrogen and oxygen atoms in total. The van der Waals surface area contributed by atoms with Crippen LogP contribution in [-0.2, 0) is 10.0 Å². The number of hydrogen-bond acceptors (Lipinski definition) is 6. The molecular weight excluding hydrogens is 296 g/mol. The first-order valence-corrected chi connectivity index (χ1v) is 8.07. The Morgan fingerprint density at radius 1 is 1.52 bits per heavy atom. The Kier molecular flexibility index (Phi) is 4.45.